The number of nitrogens with zero attached hydrogens (tertiary/aromatic N) is 11. The fourth-order valence-corrected chi connectivity index (χ4v) is 15.4. The van der Waals surface area contributed by atoms with Crippen molar-refractivity contribution in [2.75, 3.05) is 70.3 Å². The first-order chi connectivity index (χ1) is 46.4. The van der Waals surface area contributed by atoms with Crippen molar-refractivity contribution in [3.63, 3.8) is 0 Å². The third kappa shape index (κ3) is 19.1. The number of hydrogen-bond acceptors (Lipinski definition) is 19. The van der Waals surface area contributed by atoms with Gasteiger partial charge in [-0.1, -0.05) is 86.6 Å². The summed E-state index contributed by atoms with van der Waals surface area (Å²) < 4.78 is 55.6. The van der Waals surface area contributed by atoms with Crippen LogP contribution in [0.4, 0.5) is 34.5 Å². The van der Waals surface area contributed by atoms with Crippen LogP contribution in [0.15, 0.2) is 187 Å². The molecule has 5 N–H and O–H groups in total. The molecule has 3 aliphatic heterocycles. The number of carbonyl (C=O) groups excluding carboxylic acids is 3. The Morgan fingerprint density at radius 2 is 0.930 bits per heavy atom. The summed E-state index contributed by atoms with van der Waals surface area (Å²) in [4.78, 5) is 70.9. The number of rotatable bonds is 13. The SMILES string of the molecule is C.C.CC(=O)Nc1cccc(C2CCCN(c3ncnc4[nH]ccc34)C2)c1.CC(=O)Nc1cccc(C2CCCN(c3ncnc4c3ccn4S(=O)(=O)c3ccc(C)cc3)C2)c1.Cc1ccc(S(=O)(=O)n2ccc3c(N4CCCC(c5cccc(N)c5)C4)ncnc32)cc1.O=CO[O-].[H-].[K+].[K+]. The number of hydrogen-bond donors (Lipinski definition) is 4. The van der Waals surface area contributed by atoms with Crippen molar-refractivity contribution in [3.05, 3.63) is 205 Å². The molecule has 0 saturated carbocycles. The summed E-state index contributed by atoms with van der Waals surface area (Å²) in [6, 6.07) is 43.4. The number of carbonyl (C=O) groups is 3. The minimum atomic E-state index is -3.78. The number of nitrogens with two attached hydrogens (primary N) is 1. The van der Waals surface area contributed by atoms with Gasteiger partial charge in [0.1, 0.15) is 42.1 Å². The molecule has 100 heavy (non-hydrogen) atoms. The molecule has 2 amide bonds. The van der Waals surface area contributed by atoms with Gasteiger partial charge in [0, 0.05) is 107 Å². The van der Waals surface area contributed by atoms with Crippen molar-refractivity contribution in [3.8, 4) is 0 Å². The Hall–Kier alpha value is -7.30. The zero-order valence-corrected chi connectivity index (χ0v) is 63.4. The Labute approximate surface area is 670 Å². The average Bonchev–Trinajstić information content (AvgIpc) is 1.65. The predicted octanol–water partition coefficient (Wildman–Crippen LogP) is 5.39. The van der Waals surface area contributed by atoms with Crippen LogP contribution in [0.5, 0.6) is 0 Å². The van der Waals surface area contributed by atoms with Gasteiger partial charge in [0.05, 0.1) is 25.9 Å². The van der Waals surface area contributed by atoms with Crippen molar-refractivity contribution >= 4 is 106 Å². The minimum Gasteiger partial charge on any atom is -1.00 e. The zero-order chi connectivity index (χ0) is 67.5. The Balaban J connectivity index is 0.000000229. The molecule has 3 atom stereocenters. The van der Waals surface area contributed by atoms with E-state index in [2.05, 4.69) is 89.4 Å². The van der Waals surface area contributed by atoms with Crippen molar-refractivity contribution in [2.24, 2.45) is 0 Å². The number of benzene rings is 5. The van der Waals surface area contributed by atoms with Crippen LogP contribution >= 0.6 is 0 Å². The molecule has 3 aliphatic rings. The number of amides is 2. The molecule has 3 unspecified atom stereocenters. The number of nitrogen functional groups attached to an aromatic ring is 1. The predicted molar refractivity (Wildman–Crippen MR) is 383 cm³/mol. The third-order valence-electron chi connectivity index (χ3n) is 17.3. The van der Waals surface area contributed by atoms with E-state index in [9.17, 15) is 26.4 Å². The van der Waals surface area contributed by atoms with Crippen molar-refractivity contribution in [2.45, 2.75) is 109 Å². The van der Waals surface area contributed by atoms with Crippen molar-refractivity contribution in [1.29, 1.82) is 0 Å². The van der Waals surface area contributed by atoms with Crippen molar-refractivity contribution in [1.82, 2.24) is 42.8 Å². The maximum Gasteiger partial charge on any atom is 1.00 e. The summed E-state index contributed by atoms with van der Waals surface area (Å²) in [5.74, 6) is 3.38. The molecule has 0 bridgehead atoms. The number of anilines is 6. The minimum absolute atomic E-state index is 0. The quantitative estimate of drug-likeness (QED) is 0.0370. The molecular weight excluding hydrogens is 1360 g/mol. The van der Waals surface area contributed by atoms with Crippen LogP contribution in [-0.2, 0) is 39.3 Å². The van der Waals surface area contributed by atoms with Gasteiger partial charge >= 0.3 is 103 Å². The molecule has 3 fully saturated rings. The summed E-state index contributed by atoms with van der Waals surface area (Å²) in [6.07, 6.45) is 15.9. The van der Waals surface area contributed by atoms with Gasteiger partial charge in [0.2, 0.25) is 11.8 Å². The Kier molecular flexibility index (Phi) is 29.2. The van der Waals surface area contributed by atoms with Crippen LogP contribution < -0.4 is 139 Å². The number of fused-ring (bicyclic) bond motifs is 3. The molecule has 14 rings (SSSR count). The molecule has 514 valence electrons. The maximum atomic E-state index is 13.3. The van der Waals surface area contributed by atoms with Gasteiger partial charge < -0.3 is 47.6 Å². The third-order valence-corrected chi connectivity index (χ3v) is 20.6. The second-order valence-corrected chi connectivity index (χ2v) is 27.6. The molecule has 24 nitrogen and oxygen atoms in total. The Morgan fingerprint density at radius 1 is 0.550 bits per heavy atom. The molecule has 0 spiro atoms. The maximum absolute atomic E-state index is 13.3. The van der Waals surface area contributed by atoms with Gasteiger partial charge in [0.15, 0.2) is 11.3 Å². The summed E-state index contributed by atoms with van der Waals surface area (Å²) in [6.45, 7) is 11.8. The van der Waals surface area contributed by atoms with E-state index >= 15 is 0 Å². The van der Waals surface area contributed by atoms with Crippen LogP contribution in [0.3, 0.4) is 0 Å². The van der Waals surface area contributed by atoms with Crippen LogP contribution in [-0.4, -0.2) is 117 Å². The molecule has 9 heterocycles. The topological polar surface area (TPSA) is 315 Å². The van der Waals surface area contributed by atoms with Gasteiger partial charge in [-0.05, 0) is 148 Å². The first-order valence-electron chi connectivity index (χ1n) is 31.5. The fourth-order valence-electron chi connectivity index (χ4n) is 12.8. The molecule has 3 saturated heterocycles. The molecule has 6 aromatic heterocycles. The number of aromatic nitrogens is 9. The van der Waals surface area contributed by atoms with E-state index in [0.29, 0.717) is 28.5 Å². The van der Waals surface area contributed by atoms with Gasteiger partial charge in [-0.15, -0.1) is 0 Å². The number of H-pyrrole nitrogens is 1. The average molecular weight is 1440 g/mol. The largest absolute Gasteiger partial charge is 1.00 e. The number of aryl methyl sites for hydroxylation is 2. The second-order valence-electron chi connectivity index (χ2n) is 24.0. The van der Waals surface area contributed by atoms with E-state index in [-0.39, 0.29) is 153 Å². The van der Waals surface area contributed by atoms with Gasteiger partial charge in [-0.25, -0.2) is 54.7 Å². The van der Waals surface area contributed by atoms with Crippen LogP contribution in [0.25, 0.3) is 33.1 Å². The summed E-state index contributed by atoms with van der Waals surface area (Å²) in [7, 11) is -7.53. The van der Waals surface area contributed by atoms with E-state index in [1.54, 1.807) is 79.4 Å². The van der Waals surface area contributed by atoms with Crippen LogP contribution in [0.2, 0.25) is 0 Å². The number of piperidine rings is 3. The van der Waals surface area contributed by atoms with Crippen LogP contribution in [0.1, 0.15) is 114 Å². The fraction of sp³-hybridized carbons (Fsp3) is 0.292. The molecule has 28 heteroatoms. The monoisotopic (exact) mass is 1440 g/mol. The van der Waals surface area contributed by atoms with E-state index in [1.807, 2.05) is 74.6 Å². The first-order valence-corrected chi connectivity index (χ1v) is 34.4. The summed E-state index contributed by atoms with van der Waals surface area (Å²) >= 11 is 0. The zero-order valence-electron chi connectivity index (χ0n) is 56.5. The van der Waals surface area contributed by atoms with E-state index < -0.39 is 20.0 Å². The summed E-state index contributed by atoms with van der Waals surface area (Å²) in [5.41, 5.74) is 15.7. The molecule has 0 aliphatic carbocycles. The van der Waals surface area contributed by atoms with Gasteiger partial charge in [-0.3, -0.25) is 14.4 Å². The molecular formula is C72H83K2N15O9S2. The molecule has 0 radical (unpaired) electrons. The Bertz CT molecular complexity index is 4820. The molecule has 11 aromatic rings. The van der Waals surface area contributed by atoms with Gasteiger partial charge in [0.25, 0.3) is 26.5 Å². The second kappa shape index (κ2) is 36.5. The van der Waals surface area contributed by atoms with Crippen molar-refractivity contribution < 1.29 is 146 Å². The van der Waals surface area contributed by atoms with E-state index in [4.69, 9.17) is 15.8 Å². The van der Waals surface area contributed by atoms with Gasteiger partial charge in [-0.2, -0.15) is 0 Å². The van der Waals surface area contributed by atoms with Crippen LogP contribution in [0, 0.1) is 13.8 Å². The molecule has 5 aromatic carbocycles. The van der Waals surface area contributed by atoms with E-state index in [1.165, 1.54) is 45.6 Å². The Morgan fingerprint density at radius 3 is 1.32 bits per heavy atom. The van der Waals surface area contributed by atoms with E-state index in [0.717, 1.165) is 145 Å². The summed E-state index contributed by atoms with van der Waals surface area (Å²) in [5, 5.41) is 16.7. The first kappa shape index (κ1) is 80.0. The smallest absolute Gasteiger partial charge is 1.00 e. The normalized spacial score (nSPS) is 15.8. The number of nitrogens with one attached hydrogen (secondary N) is 3. The number of aromatic amines is 1. The standard InChI is InChI=1S/C26H27N5O3S.C24H25N5O2S.C19H21N5O.CH2O3.2CH4.2K.H/c1-18-8-10-23(11-9-18)35(33,34)31-14-12-24-25(27-17-28-26(24)31)30-13-4-6-21(16-30)20-5-3-7-22(15-20)29-19(2)32;1-17-7-9-21(10-8-17)32(30,31)29-13-11-22-23(26-16-27-24(22)29)28-12-3-5-19(15-28)18-4-2-6-20(25)14-18;1-13(25)23-16-6-2-4-14(10-16)15-5-3-9-24(11-15)19-17-7-8-20-18(17)21-12-22-19;2-1-4-3;;;;;/h3,5,7-12,14-15,17,21H,4,6,13,16H2,1-2H3,(H,29,32);2,4,6-11,13-14,16,19H,3,5,12,15,25H2,1H3;2,4,6-8,10,12,15H,3,5,9,11H2,1H3,(H,23,25)(H,20,21,22);1,3H;2*1H4;;;/q;;;;;;2*+1;-1/p-1.